The van der Waals surface area contributed by atoms with Gasteiger partial charge in [0.1, 0.15) is 5.82 Å². The molecule has 0 bridgehead atoms. The van der Waals surface area contributed by atoms with Gasteiger partial charge >= 0.3 is 0 Å². The van der Waals surface area contributed by atoms with Gasteiger partial charge in [-0.25, -0.2) is 4.98 Å². The Morgan fingerprint density at radius 3 is 2.44 bits per heavy atom. The first kappa shape index (κ1) is 6.16. The maximum atomic E-state index is 5.50. The van der Waals surface area contributed by atoms with Crippen molar-refractivity contribution in [1.82, 2.24) is 4.98 Å². The molecule has 1 aromatic rings. The molecule has 1 aromatic heterocycles. The summed E-state index contributed by atoms with van der Waals surface area (Å²) in [4.78, 5) is 3.69. The summed E-state index contributed by atoms with van der Waals surface area (Å²) >= 11 is 5.50. The van der Waals surface area contributed by atoms with Crippen LogP contribution in [0.2, 0.25) is 5.15 Å². The van der Waals surface area contributed by atoms with Crippen LogP contribution in [0, 0.1) is 0 Å². The quantitative estimate of drug-likeness (QED) is 0.531. The van der Waals surface area contributed by atoms with E-state index in [0.29, 0.717) is 11.5 Å². The lowest BCUT2D eigenvalue weighted by atomic mass is 10.4. The molecule has 4 heteroatoms. The SMILES string of the molecule is Nc1ccc(N)c(Cl)n1. The molecule has 0 saturated carbocycles. The number of nitrogens with zero attached hydrogens (tertiary/aromatic N) is 1. The zero-order valence-corrected chi connectivity index (χ0v) is 5.39. The summed E-state index contributed by atoms with van der Waals surface area (Å²) in [6.07, 6.45) is 0. The molecule has 9 heavy (non-hydrogen) atoms. The summed E-state index contributed by atoms with van der Waals surface area (Å²) in [5, 5.41) is 0.259. The van der Waals surface area contributed by atoms with Gasteiger partial charge in [0.2, 0.25) is 0 Å². The van der Waals surface area contributed by atoms with Crippen LogP contribution in [0.15, 0.2) is 12.1 Å². The molecular weight excluding hydrogens is 138 g/mol. The van der Waals surface area contributed by atoms with Crippen molar-refractivity contribution in [2.45, 2.75) is 0 Å². The fourth-order valence-electron chi connectivity index (χ4n) is 0.459. The van der Waals surface area contributed by atoms with Crippen LogP contribution >= 0.6 is 11.6 Å². The first-order valence-electron chi connectivity index (χ1n) is 2.37. The first-order chi connectivity index (χ1) is 4.20. The zero-order valence-electron chi connectivity index (χ0n) is 4.63. The fourth-order valence-corrected chi connectivity index (χ4v) is 0.620. The molecule has 0 unspecified atom stereocenters. The largest absolute Gasteiger partial charge is 0.396 e. The molecule has 0 aliphatic rings. The van der Waals surface area contributed by atoms with Crippen molar-refractivity contribution < 1.29 is 0 Å². The molecule has 0 amide bonds. The molecule has 4 N–H and O–H groups in total. The van der Waals surface area contributed by atoms with E-state index >= 15 is 0 Å². The number of hydrogen-bond donors (Lipinski definition) is 2. The number of hydrogen-bond acceptors (Lipinski definition) is 3. The molecule has 48 valence electrons. The van der Waals surface area contributed by atoms with Gasteiger partial charge in [-0.15, -0.1) is 0 Å². The second-order valence-electron chi connectivity index (χ2n) is 1.62. The predicted molar refractivity (Wildman–Crippen MR) is 38.1 cm³/mol. The van der Waals surface area contributed by atoms with E-state index in [9.17, 15) is 0 Å². The van der Waals surface area contributed by atoms with Crippen LogP contribution in [0.5, 0.6) is 0 Å². The molecule has 0 radical (unpaired) electrons. The summed E-state index contributed by atoms with van der Waals surface area (Å²) in [5.74, 6) is 0.384. The molecule has 1 heterocycles. The molecule has 1 rings (SSSR count). The van der Waals surface area contributed by atoms with E-state index in [0.717, 1.165) is 0 Å². The van der Waals surface area contributed by atoms with E-state index in [2.05, 4.69) is 4.98 Å². The maximum absolute atomic E-state index is 5.50. The van der Waals surface area contributed by atoms with Crippen LogP contribution in [0.1, 0.15) is 0 Å². The number of anilines is 2. The molecular formula is C5H6ClN3. The highest BCUT2D eigenvalue weighted by atomic mass is 35.5. The predicted octanol–water partition coefficient (Wildman–Crippen LogP) is 0.899. The number of rotatable bonds is 0. The Kier molecular flexibility index (Phi) is 1.44. The van der Waals surface area contributed by atoms with E-state index in [1.807, 2.05) is 0 Å². The topological polar surface area (TPSA) is 64.9 Å². The number of nitrogens with two attached hydrogens (primary N) is 2. The average molecular weight is 144 g/mol. The third-order valence-corrected chi connectivity index (χ3v) is 1.20. The summed E-state index contributed by atoms with van der Waals surface area (Å²) in [6.45, 7) is 0. The zero-order chi connectivity index (χ0) is 6.85. The van der Waals surface area contributed by atoms with Crippen molar-refractivity contribution in [2.24, 2.45) is 0 Å². The molecule has 0 fully saturated rings. The lowest BCUT2D eigenvalue weighted by Gasteiger charge is -1.95. The minimum atomic E-state index is 0.259. The Morgan fingerprint density at radius 2 is 2.00 bits per heavy atom. The minimum absolute atomic E-state index is 0.259. The van der Waals surface area contributed by atoms with Crippen molar-refractivity contribution >= 4 is 23.1 Å². The van der Waals surface area contributed by atoms with Gasteiger partial charge in [-0.3, -0.25) is 0 Å². The fraction of sp³-hybridized carbons (Fsp3) is 0. The molecule has 3 nitrogen and oxygen atoms in total. The monoisotopic (exact) mass is 143 g/mol. The lowest BCUT2D eigenvalue weighted by Crippen LogP contribution is -1.93. The highest BCUT2D eigenvalue weighted by molar-refractivity contribution is 6.31. The van der Waals surface area contributed by atoms with E-state index in [1.165, 1.54) is 0 Å². The minimum Gasteiger partial charge on any atom is -0.396 e. The summed E-state index contributed by atoms with van der Waals surface area (Å²) in [7, 11) is 0. The highest BCUT2D eigenvalue weighted by Crippen LogP contribution is 2.15. The Hall–Kier alpha value is -0.960. The van der Waals surface area contributed by atoms with Crippen LogP contribution in [0.3, 0.4) is 0 Å². The lowest BCUT2D eigenvalue weighted by molar-refractivity contribution is 1.34. The van der Waals surface area contributed by atoms with Gasteiger partial charge in [0, 0.05) is 0 Å². The van der Waals surface area contributed by atoms with Crippen molar-refractivity contribution in [3.05, 3.63) is 17.3 Å². The first-order valence-corrected chi connectivity index (χ1v) is 2.75. The Bertz CT molecular complexity index is 223. The highest BCUT2D eigenvalue weighted by Gasteiger charge is 1.94. The average Bonchev–Trinajstić information content (AvgIpc) is 1.80. The van der Waals surface area contributed by atoms with Gasteiger partial charge in [0.25, 0.3) is 0 Å². The van der Waals surface area contributed by atoms with Crippen molar-refractivity contribution in [3.63, 3.8) is 0 Å². The molecule has 0 saturated heterocycles. The van der Waals surface area contributed by atoms with Crippen molar-refractivity contribution in [1.29, 1.82) is 0 Å². The van der Waals surface area contributed by atoms with Gasteiger partial charge < -0.3 is 11.5 Å². The van der Waals surface area contributed by atoms with Gasteiger partial charge in [-0.1, -0.05) is 11.6 Å². The van der Waals surface area contributed by atoms with Crippen LogP contribution < -0.4 is 11.5 Å². The molecule has 0 aliphatic carbocycles. The maximum Gasteiger partial charge on any atom is 0.154 e. The summed E-state index contributed by atoms with van der Waals surface area (Å²) < 4.78 is 0. The standard InChI is InChI=1S/C5H6ClN3/c6-5-3(7)1-2-4(8)9-5/h1-2H,7H2,(H2,8,9). The second kappa shape index (κ2) is 2.11. The van der Waals surface area contributed by atoms with E-state index in [4.69, 9.17) is 23.1 Å². The molecule has 0 aliphatic heterocycles. The van der Waals surface area contributed by atoms with Gasteiger partial charge in [-0.2, -0.15) is 0 Å². The van der Waals surface area contributed by atoms with Gasteiger partial charge in [-0.05, 0) is 12.1 Å². The number of nitrogen functional groups attached to an aromatic ring is 2. The van der Waals surface area contributed by atoms with Crippen LogP contribution in [0.4, 0.5) is 11.5 Å². The molecule has 0 spiro atoms. The van der Waals surface area contributed by atoms with E-state index < -0.39 is 0 Å². The Labute approximate surface area is 57.6 Å². The third-order valence-electron chi connectivity index (χ3n) is 0.899. The smallest absolute Gasteiger partial charge is 0.154 e. The second-order valence-corrected chi connectivity index (χ2v) is 1.97. The Balaban J connectivity index is 3.17. The summed E-state index contributed by atoms with van der Waals surface area (Å²) in [6, 6.07) is 3.21. The van der Waals surface area contributed by atoms with Crippen LogP contribution in [0.25, 0.3) is 0 Å². The molecule has 0 aromatic carbocycles. The van der Waals surface area contributed by atoms with Gasteiger partial charge in [0.15, 0.2) is 5.15 Å². The van der Waals surface area contributed by atoms with Gasteiger partial charge in [0.05, 0.1) is 5.69 Å². The number of pyridine rings is 1. The third kappa shape index (κ3) is 1.23. The van der Waals surface area contributed by atoms with Crippen LogP contribution in [-0.2, 0) is 0 Å². The van der Waals surface area contributed by atoms with Crippen molar-refractivity contribution in [3.8, 4) is 0 Å². The van der Waals surface area contributed by atoms with Crippen LogP contribution in [-0.4, -0.2) is 4.98 Å². The normalized spacial score (nSPS) is 9.44. The molecule has 0 atom stereocenters. The number of aromatic nitrogens is 1. The van der Waals surface area contributed by atoms with Crippen molar-refractivity contribution in [2.75, 3.05) is 11.5 Å². The number of halogens is 1. The Morgan fingerprint density at radius 1 is 1.33 bits per heavy atom. The summed E-state index contributed by atoms with van der Waals surface area (Å²) in [5.41, 5.74) is 11.1. The van der Waals surface area contributed by atoms with E-state index in [1.54, 1.807) is 12.1 Å². The van der Waals surface area contributed by atoms with E-state index in [-0.39, 0.29) is 5.15 Å².